The number of ether oxygens (including phenoxy) is 1. The van der Waals surface area contributed by atoms with Crippen molar-refractivity contribution in [1.82, 2.24) is 19.9 Å². The Morgan fingerprint density at radius 3 is 2.66 bits per heavy atom. The molecule has 1 aliphatic rings. The summed E-state index contributed by atoms with van der Waals surface area (Å²) in [5.74, 6) is -0.524. The number of esters is 1. The molecule has 1 unspecified atom stereocenters. The zero-order valence-corrected chi connectivity index (χ0v) is 17.7. The van der Waals surface area contributed by atoms with E-state index in [1.54, 1.807) is 4.90 Å². The van der Waals surface area contributed by atoms with E-state index in [1.807, 2.05) is 61.5 Å². The highest BCUT2D eigenvalue weighted by Gasteiger charge is 2.35. The normalized spacial score (nSPS) is 15.6. The third-order valence-electron chi connectivity index (χ3n) is 5.20. The third kappa shape index (κ3) is 5.18. The van der Waals surface area contributed by atoms with Crippen molar-refractivity contribution in [2.75, 3.05) is 17.6 Å². The molecule has 9 nitrogen and oxygen atoms in total. The Labute approximate surface area is 185 Å². The van der Waals surface area contributed by atoms with Crippen LogP contribution in [0.3, 0.4) is 0 Å². The Morgan fingerprint density at radius 1 is 1.12 bits per heavy atom. The molecule has 1 aliphatic heterocycles. The molecule has 1 atom stereocenters. The molecule has 1 saturated heterocycles. The van der Waals surface area contributed by atoms with Crippen molar-refractivity contribution in [3.05, 3.63) is 71.5 Å². The van der Waals surface area contributed by atoms with Gasteiger partial charge in [0.25, 0.3) is 0 Å². The number of rotatable bonds is 7. The van der Waals surface area contributed by atoms with Gasteiger partial charge in [0.2, 0.25) is 17.8 Å². The summed E-state index contributed by atoms with van der Waals surface area (Å²) in [6, 6.07) is 17.3. The largest absolute Gasteiger partial charge is 0.457 e. The van der Waals surface area contributed by atoms with Gasteiger partial charge in [-0.3, -0.25) is 9.59 Å². The van der Waals surface area contributed by atoms with Gasteiger partial charge in [0.15, 0.2) is 12.4 Å². The SMILES string of the molecule is Cc1ccccc1Nc1nc(N)nc(COC(=O)C2CC(=O)N(Cc3ccccc3)C2)n1. The van der Waals surface area contributed by atoms with Crippen LogP contribution in [0.15, 0.2) is 54.6 Å². The molecule has 164 valence electrons. The number of hydrogen-bond acceptors (Lipinski definition) is 8. The van der Waals surface area contributed by atoms with E-state index < -0.39 is 11.9 Å². The lowest BCUT2D eigenvalue weighted by molar-refractivity contribution is -0.150. The van der Waals surface area contributed by atoms with E-state index in [0.29, 0.717) is 13.1 Å². The molecule has 4 rings (SSSR count). The Kier molecular flexibility index (Phi) is 6.25. The monoisotopic (exact) mass is 432 g/mol. The minimum absolute atomic E-state index is 0.0206. The van der Waals surface area contributed by atoms with Crippen LogP contribution in [0.25, 0.3) is 0 Å². The first kappa shape index (κ1) is 21.2. The van der Waals surface area contributed by atoms with Crippen LogP contribution in [-0.2, 0) is 27.5 Å². The lowest BCUT2D eigenvalue weighted by Gasteiger charge is -2.16. The average Bonchev–Trinajstić information content (AvgIpc) is 3.14. The maximum Gasteiger partial charge on any atom is 0.311 e. The molecule has 32 heavy (non-hydrogen) atoms. The number of nitrogens with one attached hydrogen (secondary N) is 1. The number of anilines is 3. The fourth-order valence-electron chi connectivity index (χ4n) is 3.53. The first-order valence-electron chi connectivity index (χ1n) is 10.3. The number of amides is 1. The van der Waals surface area contributed by atoms with Crippen LogP contribution in [-0.4, -0.2) is 38.3 Å². The molecule has 2 aromatic carbocycles. The van der Waals surface area contributed by atoms with Crippen LogP contribution in [0.1, 0.15) is 23.4 Å². The highest BCUT2D eigenvalue weighted by Crippen LogP contribution is 2.22. The number of carbonyl (C=O) groups excluding carboxylic acids is 2. The van der Waals surface area contributed by atoms with E-state index in [9.17, 15) is 9.59 Å². The molecule has 1 amide bonds. The lowest BCUT2D eigenvalue weighted by Crippen LogP contribution is -2.26. The molecule has 9 heteroatoms. The zero-order chi connectivity index (χ0) is 22.5. The van der Waals surface area contributed by atoms with Gasteiger partial charge in [0.1, 0.15) is 0 Å². The molecule has 3 N–H and O–H groups in total. The second kappa shape index (κ2) is 9.42. The van der Waals surface area contributed by atoms with Crippen molar-refractivity contribution in [3.8, 4) is 0 Å². The topological polar surface area (TPSA) is 123 Å². The predicted molar refractivity (Wildman–Crippen MR) is 118 cm³/mol. The summed E-state index contributed by atoms with van der Waals surface area (Å²) >= 11 is 0. The van der Waals surface area contributed by atoms with Gasteiger partial charge in [0.05, 0.1) is 5.92 Å². The minimum Gasteiger partial charge on any atom is -0.457 e. The first-order chi connectivity index (χ1) is 15.5. The standard InChI is InChI=1S/C23H24N6O3/c1-15-7-5-6-10-18(15)25-23-27-19(26-22(24)28-23)14-32-21(31)17-11-20(30)29(13-17)12-16-8-3-2-4-9-16/h2-10,17H,11-14H2,1H3,(H3,24,25,26,27,28). The van der Waals surface area contributed by atoms with Crippen LogP contribution in [0, 0.1) is 12.8 Å². The Morgan fingerprint density at radius 2 is 1.88 bits per heavy atom. The number of aryl methyl sites for hydroxylation is 1. The molecular weight excluding hydrogens is 408 g/mol. The Balaban J connectivity index is 1.35. The summed E-state index contributed by atoms with van der Waals surface area (Å²) in [5.41, 5.74) is 8.67. The van der Waals surface area contributed by atoms with Gasteiger partial charge in [-0.15, -0.1) is 0 Å². The lowest BCUT2D eigenvalue weighted by atomic mass is 10.1. The molecule has 0 radical (unpaired) electrons. The zero-order valence-electron chi connectivity index (χ0n) is 17.7. The van der Waals surface area contributed by atoms with E-state index in [0.717, 1.165) is 16.8 Å². The number of likely N-dealkylation sites (tertiary alicyclic amines) is 1. The number of hydrogen-bond donors (Lipinski definition) is 2. The maximum atomic E-state index is 12.5. The summed E-state index contributed by atoms with van der Waals surface area (Å²) in [6.07, 6.45) is 0.130. The van der Waals surface area contributed by atoms with Gasteiger partial charge < -0.3 is 20.7 Å². The van der Waals surface area contributed by atoms with Crippen molar-refractivity contribution in [3.63, 3.8) is 0 Å². The van der Waals surface area contributed by atoms with Crippen molar-refractivity contribution in [2.24, 2.45) is 5.92 Å². The number of aromatic nitrogens is 3. The van der Waals surface area contributed by atoms with Crippen molar-refractivity contribution >= 4 is 29.5 Å². The predicted octanol–water partition coefficient (Wildman–Crippen LogP) is 2.60. The molecule has 0 bridgehead atoms. The van der Waals surface area contributed by atoms with E-state index in [4.69, 9.17) is 10.5 Å². The second-order valence-electron chi connectivity index (χ2n) is 7.64. The Hall–Kier alpha value is -4.01. The fraction of sp³-hybridized carbons (Fsp3) is 0.261. The van der Waals surface area contributed by atoms with E-state index >= 15 is 0 Å². The molecule has 3 aromatic rings. The van der Waals surface area contributed by atoms with Crippen molar-refractivity contribution in [2.45, 2.75) is 26.5 Å². The van der Waals surface area contributed by atoms with Gasteiger partial charge >= 0.3 is 5.97 Å². The molecule has 2 heterocycles. The highest BCUT2D eigenvalue weighted by atomic mass is 16.5. The number of nitrogens with two attached hydrogens (primary N) is 1. The molecule has 1 fully saturated rings. The van der Waals surface area contributed by atoms with E-state index in [-0.39, 0.29) is 36.7 Å². The molecular formula is C23H24N6O3. The summed E-state index contributed by atoms with van der Waals surface area (Å²) in [4.78, 5) is 39.0. The van der Waals surface area contributed by atoms with Crippen molar-refractivity contribution in [1.29, 1.82) is 0 Å². The molecule has 0 spiro atoms. The van der Waals surface area contributed by atoms with Gasteiger partial charge in [-0.1, -0.05) is 48.5 Å². The summed E-state index contributed by atoms with van der Waals surface area (Å²) in [6.45, 7) is 2.60. The van der Waals surface area contributed by atoms with Crippen LogP contribution in [0.2, 0.25) is 0 Å². The van der Waals surface area contributed by atoms with Crippen LogP contribution in [0.5, 0.6) is 0 Å². The highest BCUT2D eigenvalue weighted by molar-refractivity contribution is 5.86. The number of benzene rings is 2. The smallest absolute Gasteiger partial charge is 0.311 e. The van der Waals surface area contributed by atoms with Crippen molar-refractivity contribution < 1.29 is 14.3 Å². The summed E-state index contributed by atoms with van der Waals surface area (Å²) in [7, 11) is 0. The average molecular weight is 432 g/mol. The number of para-hydroxylation sites is 1. The number of nitrogens with zero attached hydrogens (tertiary/aromatic N) is 4. The van der Waals surface area contributed by atoms with Gasteiger partial charge in [0, 0.05) is 25.2 Å². The number of carbonyl (C=O) groups is 2. The van der Waals surface area contributed by atoms with E-state index in [1.165, 1.54) is 0 Å². The van der Waals surface area contributed by atoms with Crippen LogP contribution < -0.4 is 11.1 Å². The fourth-order valence-corrected chi connectivity index (χ4v) is 3.53. The van der Waals surface area contributed by atoms with Gasteiger partial charge in [-0.2, -0.15) is 15.0 Å². The van der Waals surface area contributed by atoms with Crippen LogP contribution >= 0.6 is 0 Å². The second-order valence-corrected chi connectivity index (χ2v) is 7.64. The summed E-state index contributed by atoms with van der Waals surface area (Å²) < 4.78 is 5.39. The number of nitrogen functional groups attached to an aromatic ring is 1. The maximum absolute atomic E-state index is 12.5. The van der Waals surface area contributed by atoms with Gasteiger partial charge in [-0.05, 0) is 24.1 Å². The quantitative estimate of drug-likeness (QED) is 0.546. The molecule has 1 aromatic heterocycles. The van der Waals surface area contributed by atoms with E-state index in [2.05, 4.69) is 20.3 Å². The van der Waals surface area contributed by atoms with Gasteiger partial charge in [-0.25, -0.2) is 0 Å². The third-order valence-corrected chi connectivity index (χ3v) is 5.20. The minimum atomic E-state index is -0.519. The summed E-state index contributed by atoms with van der Waals surface area (Å²) in [5, 5.41) is 3.10. The molecule has 0 saturated carbocycles. The van der Waals surface area contributed by atoms with Crippen LogP contribution in [0.4, 0.5) is 17.6 Å². The Bertz CT molecular complexity index is 1120. The molecule has 0 aliphatic carbocycles. The first-order valence-corrected chi connectivity index (χ1v) is 10.3.